The number of H-pyrrole nitrogens is 1. The Morgan fingerprint density at radius 2 is 1.89 bits per heavy atom. The lowest BCUT2D eigenvalue weighted by Gasteiger charge is -2.21. The molecule has 1 aliphatic rings. The predicted octanol–water partition coefficient (Wildman–Crippen LogP) is 2.84. The Balaban J connectivity index is 1.49. The lowest BCUT2D eigenvalue weighted by Crippen LogP contribution is -2.40. The summed E-state index contributed by atoms with van der Waals surface area (Å²) in [6.07, 6.45) is 2.52. The van der Waals surface area contributed by atoms with Crippen molar-refractivity contribution in [3.05, 3.63) is 75.7 Å². The van der Waals surface area contributed by atoms with Gasteiger partial charge in [0.15, 0.2) is 11.6 Å². The van der Waals surface area contributed by atoms with Gasteiger partial charge in [0, 0.05) is 31.9 Å². The van der Waals surface area contributed by atoms with Gasteiger partial charge in [0.2, 0.25) is 5.91 Å². The molecule has 0 radical (unpaired) electrons. The van der Waals surface area contributed by atoms with Crippen molar-refractivity contribution in [2.75, 3.05) is 18.9 Å². The van der Waals surface area contributed by atoms with E-state index in [0.29, 0.717) is 30.3 Å². The van der Waals surface area contributed by atoms with Crippen molar-refractivity contribution < 1.29 is 13.6 Å². The van der Waals surface area contributed by atoms with Gasteiger partial charge in [-0.3, -0.25) is 9.59 Å². The Labute approximate surface area is 160 Å². The first kappa shape index (κ1) is 18.2. The average molecular weight is 383 g/mol. The van der Waals surface area contributed by atoms with Gasteiger partial charge in [0.25, 0.3) is 5.56 Å². The molecular weight excluding hydrogens is 364 g/mol. The second-order valence-electron chi connectivity index (χ2n) is 7.02. The number of benzene rings is 2. The Bertz CT molecular complexity index is 1100. The van der Waals surface area contributed by atoms with Crippen LogP contribution in [0.2, 0.25) is 0 Å². The fourth-order valence-electron chi connectivity index (χ4n) is 3.63. The van der Waals surface area contributed by atoms with Gasteiger partial charge in [-0.2, -0.15) is 0 Å². The van der Waals surface area contributed by atoms with Crippen LogP contribution < -0.4 is 10.9 Å². The molecule has 0 saturated carbocycles. The summed E-state index contributed by atoms with van der Waals surface area (Å²) in [6.45, 7) is 0.382. The van der Waals surface area contributed by atoms with Gasteiger partial charge >= 0.3 is 0 Å². The zero-order chi connectivity index (χ0) is 19.8. The van der Waals surface area contributed by atoms with E-state index in [9.17, 15) is 18.4 Å². The molecule has 7 heteroatoms. The quantitative estimate of drug-likeness (QED) is 0.728. The maximum Gasteiger partial charge on any atom is 0.255 e. The number of para-hydroxylation sites is 1. The molecule has 3 aromatic rings. The number of nitrogens with one attached hydrogen (secondary N) is 2. The minimum atomic E-state index is -1.06. The molecule has 4 rings (SSSR count). The second-order valence-corrected chi connectivity index (χ2v) is 7.02. The molecule has 1 amide bonds. The normalized spacial score (nSPS) is 15.3. The first-order valence-corrected chi connectivity index (χ1v) is 9.03. The number of aromatic nitrogens is 1. The molecule has 0 saturated heterocycles. The topological polar surface area (TPSA) is 65.2 Å². The highest BCUT2D eigenvalue weighted by atomic mass is 19.2. The standard InChI is InChI=1S/C21H19F2N3O2/c1-26(21(28)19-8-12-4-2-3-5-18(12)25-19)7-6-13-11-24-20(27)15-10-17(23)16(22)9-14(13)15/h2-5,9-11,19,25H,6-8H2,1H3,(H,24,27)/t19-/m0/s1. The van der Waals surface area contributed by atoms with Gasteiger partial charge in [-0.1, -0.05) is 18.2 Å². The van der Waals surface area contributed by atoms with E-state index in [2.05, 4.69) is 10.3 Å². The number of carbonyl (C=O) groups is 1. The average Bonchev–Trinajstić information content (AvgIpc) is 3.12. The van der Waals surface area contributed by atoms with Gasteiger partial charge in [-0.25, -0.2) is 8.78 Å². The SMILES string of the molecule is CN(CCc1c[nH]c(=O)c2cc(F)c(F)cc12)C(=O)[C@@H]1Cc2ccccc2N1. The van der Waals surface area contributed by atoms with Crippen LogP contribution in [-0.4, -0.2) is 35.4 Å². The van der Waals surface area contributed by atoms with E-state index in [1.54, 1.807) is 11.9 Å². The van der Waals surface area contributed by atoms with Crippen LogP contribution in [-0.2, 0) is 17.6 Å². The maximum absolute atomic E-state index is 13.7. The van der Waals surface area contributed by atoms with Crippen molar-refractivity contribution in [2.24, 2.45) is 0 Å². The summed E-state index contributed by atoms with van der Waals surface area (Å²) in [7, 11) is 1.71. The first-order chi connectivity index (χ1) is 13.4. The van der Waals surface area contributed by atoms with Crippen molar-refractivity contribution in [3.63, 3.8) is 0 Å². The van der Waals surface area contributed by atoms with E-state index in [4.69, 9.17) is 0 Å². The number of amides is 1. The molecule has 0 bridgehead atoms. The van der Waals surface area contributed by atoms with Gasteiger partial charge in [-0.05, 0) is 41.1 Å². The Morgan fingerprint density at radius 1 is 1.18 bits per heavy atom. The first-order valence-electron chi connectivity index (χ1n) is 9.03. The fraction of sp³-hybridized carbons (Fsp3) is 0.238. The molecule has 0 fully saturated rings. The van der Waals surface area contributed by atoms with Crippen molar-refractivity contribution in [2.45, 2.75) is 18.9 Å². The summed E-state index contributed by atoms with van der Waals surface area (Å²) in [5, 5.41) is 3.69. The van der Waals surface area contributed by atoms with Crippen LogP contribution in [0.1, 0.15) is 11.1 Å². The fourth-order valence-corrected chi connectivity index (χ4v) is 3.63. The summed E-state index contributed by atoms with van der Waals surface area (Å²) >= 11 is 0. The van der Waals surface area contributed by atoms with E-state index in [1.807, 2.05) is 24.3 Å². The van der Waals surface area contributed by atoms with Gasteiger partial charge in [0.1, 0.15) is 6.04 Å². The third kappa shape index (κ3) is 3.24. The minimum absolute atomic E-state index is 0.0397. The van der Waals surface area contributed by atoms with Gasteiger partial charge in [-0.15, -0.1) is 0 Å². The largest absolute Gasteiger partial charge is 0.373 e. The van der Waals surface area contributed by atoms with Crippen LogP contribution >= 0.6 is 0 Å². The van der Waals surface area contributed by atoms with E-state index in [1.165, 1.54) is 6.20 Å². The summed E-state index contributed by atoms with van der Waals surface area (Å²) in [4.78, 5) is 28.8. The van der Waals surface area contributed by atoms with Crippen LogP contribution in [0, 0.1) is 11.6 Å². The summed E-state index contributed by atoms with van der Waals surface area (Å²) in [5.74, 6) is -2.10. The number of pyridine rings is 1. The van der Waals surface area contributed by atoms with Gasteiger partial charge < -0.3 is 15.2 Å². The second kappa shape index (κ2) is 7.07. The number of hydrogen-bond acceptors (Lipinski definition) is 3. The number of anilines is 1. The van der Waals surface area contributed by atoms with E-state index in [0.717, 1.165) is 23.4 Å². The number of halogens is 2. The van der Waals surface area contributed by atoms with Crippen LogP contribution in [0.25, 0.3) is 10.8 Å². The molecule has 1 atom stereocenters. The highest BCUT2D eigenvalue weighted by molar-refractivity contribution is 5.87. The lowest BCUT2D eigenvalue weighted by atomic mass is 10.0. The maximum atomic E-state index is 13.7. The molecule has 0 spiro atoms. The summed E-state index contributed by atoms with van der Waals surface area (Å²) < 4.78 is 27.1. The van der Waals surface area contributed by atoms with E-state index >= 15 is 0 Å². The number of likely N-dealkylation sites (N-methyl/N-ethyl adjacent to an activating group) is 1. The highest BCUT2D eigenvalue weighted by Crippen LogP contribution is 2.26. The molecule has 0 aliphatic carbocycles. The van der Waals surface area contributed by atoms with Crippen molar-refractivity contribution in [1.82, 2.24) is 9.88 Å². The number of nitrogens with zero attached hydrogens (tertiary/aromatic N) is 1. The van der Waals surface area contributed by atoms with Crippen LogP contribution in [0.5, 0.6) is 0 Å². The number of aromatic amines is 1. The molecule has 28 heavy (non-hydrogen) atoms. The highest BCUT2D eigenvalue weighted by Gasteiger charge is 2.28. The molecule has 1 aliphatic heterocycles. The van der Waals surface area contributed by atoms with Crippen LogP contribution in [0.4, 0.5) is 14.5 Å². The zero-order valence-electron chi connectivity index (χ0n) is 15.3. The van der Waals surface area contributed by atoms with Crippen LogP contribution in [0.15, 0.2) is 47.4 Å². The Hall–Kier alpha value is -3.22. The predicted molar refractivity (Wildman–Crippen MR) is 103 cm³/mol. The molecule has 144 valence electrons. The van der Waals surface area contributed by atoms with Gasteiger partial charge in [0.05, 0.1) is 5.39 Å². The summed E-state index contributed by atoms with van der Waals surface area (Å²) in [6, 6.07) is 9.43. The van der Waals surface area contributed by atoms with Crippen LogP contribution in [0.3, 0.4) is 0 Å². The van der Waals surface area contributed by atoms with Crippen molar-refractivity contribution in [1.29, 1.82) is 0 Å². The third-order valence-corrected chi connectivity index (χ3v) is 5.19. The number of fused-ring (bicyclic) bond motifs is 2. The Morgan fingerprint density at radius 3 is 2.64 bits per heavy atom. The molecule has 2 N–H and O–H groups in total. The van der Waals surface area contributed by atoms with E-state index in [-0.39, 0.29) is 17.3 Å². The minimum Gasteiger partial charge on any atom is -0.373 e. The smallest absolute Gasteiger partial charge is 0.255 e. The summed E-state index contributed by atoms with van der Waals surface area (Å²) in [5.41, 5.74) is 2.25. The number of hydrogen-bond donors (Lipinski definition) is 2. The van der Waals surface area contributed by atoms with Crippen molar-refractivity contribution in [3.8, 4) is 0 Å². The molecule has 1 aromatic heterocycles. The molecule has 0 unspecified atom stereocenters. The number of rotatable bonds is 4. The zero-order valence-corrected chi connectivity index (χ0v) is 15.3. The third-order valence-electron chi connectivity index (χ3n) is 5.19. The monoisotopic (exact) mass is 383 g/mol. The Kier molecular flexibility index (Phi) is 4.58. The van der Waals surface area contributed by atoms with E-state index < -0.39 is 17.2 Å². The van der Waals surface area contributed by atoms with Crippen molar-refractivity contribution >= 4 is 22.4 Å². The molecule has 5 nitrogen and oxygen atoms in total. The molecular formula is C21H19F2N3O2. The lowest BCUT2D eigenvalue weighted by molar-refractivity contribution is -0.130. The molecule has 2 heterocycles. The number of carbonyl (C=O) groups excluding carboxylic acids is 1. The molecule has 2 aromatic carbocycles.